The zero-order valence-electron chi connectivity index (χ0n) is 14.5. The van der Waals surface area contributed by atoms with Gasteiger partial charge in [0, 0.05) is 12.1 Å². The molecule has 2 atom stereocenters. The maximum atomic E-state index is 12.9. The third kappa shape index (κ3) is 2.88. The molecule has 1 amide bonds. The number of nitro groups is 1. The van der Waals surface area contributed by atoms with Crippen molar-refractivity contribution in [2.24, 2.45) is 4.99 Å². The number of ether oxygens (including phenoxy) is 1. The predicted octanol–water partition coefficient (Wildman–Crippen LogP) is 2.81. The number of non-ortho nitro benzene ring substituents is 1. The van der Waals surface area contributed by atoms with Crippen LogP contribution in [-0.4, -0.2) is 39.2 Å². The Labute approximate surface area is 154 Å². The Morgan fingerprint density at radius 1 is 1.46 bits per heavy atom. The number of carbonyl (C=O) groups is 2. The largest absolute Gasteiger partial charge is 0.466 e. The number of esters is 1. The Bertz CT molecular complexity index is 864. The van der Waals surface area contributed by atoms with Crippen molar-refractivity contribution >= 4 is 34.5 Å². The highest BCUT2D eigenvalue weighted by molar-refractivity contribution is 8.15. The van der Waals surface area contributed by atoms with Crippen LogP contribution in [0.1, 0.15) is 31.9 Å². The highest BCUT2D eigenvalue weighted by atomic mass is 32.2. The second-order valence-electron chi connectivity index (χ2n) is 5.86. The van der Waals surface area contributed by atoms with Crippen LogP contribution in [0.3, 0.4) is 0 Å². The number of allylic oxidation sites excluding steroid dienone is 1. The van der Waals surface area contributed by atoms with Gasteiger partial charge in [-0.05, 0) is 18.9 Å². The summed E-state index contributed by atoms with van der Waals surface area (Å²) in [5, 5.41) is 11.4. The molecule has 0 aliphatic carbocycles. The molecule has 0 saturated carbocycles. The number of carbonyl (C=O) groups excluding carboxylic acids is 2. The predicted molar refractivity (Wildman–Crippen MR) is 96.5 cm³/mol. The summed E-state index contributed by atoms with van der Waals surface area (Å²) in [5.74, 6) is -0.777. The van der Waals surface area contributed by atoms with E-state index in [1.165, 1.54) is 42.0 Å². The van der Waals surface area contributed by atoms with Crippen molar-refractivity contribution in [1.29, 1.82) is 0 Å². The molecule has 26 heavy (non-hydrogen) atoms. The van der Waals surface area contributed by atoms with Crippen LogP contribution in [0.2, 0.25) is 0 Å². The number of aliphatic imine (C=N–C) groups is 1. The molecule has 1 aromatic rings. The number of rotatable bonds is 4. The van der Waals surface area contributed by atoms with Crippen molar-refractivity contribution in [3.63, 3.8) is 0 Å². The summed E-state index contributed by atoms with van der Waals surface area (Å²) in [7, 11) is 1.25. The minimum Gasteiger partial charge on any atom is -0.466 e. The smallest absolute Gasteiger partial charge is 0.338 e. The Hall–Kier alpha value is -2.68. The minimum absolute atomic E-state index is 0.111. The first-order valence-corrected chi connectivity index (χ1v) is 8.88. The molecule has 0 radical (unpaired) electrons. The monoisotopic (exact) mass is 375 g/mol. The molecular weight excluding hydrogens is 358 g/mol. The number of amides is 1. The molecule has 2 aliphatic rings. The normalized spacial score (nSPS) is 22.2. The van der Waals surface area contributed by atoms with Crippen molar-refractivity contribution in [3.8, 4) is 0 Å². The fourth-order valence-corrected chi connectivity index (χ4v) is 4.22. The molecule has 1 fully saturated rings. The van der Waals surface area contributed by atoms with Crippen molar-refractivity contribution in [3.05, 3.63) is 51.2 Å². The fourth-order valence-electron chi connectivity index (χ4n) is 3.08. The summed E-state index contributed by atoms with van der Waals surface area (Å²) in [6.07, 6.45) is 0.618. The third-order valence-corrected chi connectivity index (χ3v) is 5.64. The van der Waals surface area contributed by atoms with Gasteiger partial charge in [0.05, 0.1) is 34.6 Å². The van der Waals surface area contributed by atoms with Crippen LogP contribution in [0.4, 0.5) is 5.69 Å². The number of benzene rings is 1. The lowest BCUT2D eigenvalue weighted by atomic mass is 9.94. The summed E-state index contributed by atoms with van der Waals surface area (Å²) >= 11 is 1.34. The quantitative estimate of drug-likeness (QED) is 0.455. The molecule has 2 heterocycles. The van der Waals surface area contributed by atoms with E-state index in [2.05, 4.69) is 4.99 Å². The summed E-state index contributed by atoms with van der Waals surface area (Å²) in [6, 6.07) is 5.14. The Balaban J connectivity index is 2.18. The average Bonchev–Trinajstić information content (AvgIpc) is 2.95. The van der Waals surface area contributed by atoms with E-state index in [9.17, 15) is 19.7 Å². The van der Waals surface area contributed by atoms with E-state index in [0.29, 0.717) is 22.8 Å². The maximum absolute atomic E-state index is 12.9. The van der Waals surface area contributed by atoms with Crippen LogP contribution in [0.15, 0.2) is 40.5 Å². The highest BCUT2D eigenvalue weighted by Gasteiger charge is 2.47. The topological polar surface area (TPSA) is 102 Å². The zero-order chi connectivity index (χ0) is 19.0. The van der Waals surface area contributed by atoms with E-state index < -0.39 is 16.9 Å². The average molecular weight is 375 g/mol. The van der Waals surface area contributed by atoms with Crippen molar-refractivity contribution < 1.29 is 19.2 Å². The molecule has 0 N–H and O–H groups in total. The molecular formula is C17H17N3O5S. The van der Waals surface area contributed by atoms with Crippen molar-refractivity contribution in [1.82, 2.24) is 4.90 Å². The standard InChI is InChI=1S/C17H17N3O5S/c1-4-12-15(21)19-14(10-6-5-7-11(8-10)20(23)24)13(16(22)25-3)9(2)18-17(19)26-12/h5-8,12,14H,4H2,1-3H3/t12-,14+/m1/s1. The van der Waals surface area contributed by atoms with Gasteiger partial charge < -0.3 is 4.74 Å². The number of nitro benzene ring substituents is 1. The van der Waals surface area contributed by atoms with Gasteiger partial charge in [-0.1, -0.05) is 30.8 Å². The summed E-state index contributed by atoms with van der Waals surface area (Å²) < 4.78 is 4.88. The fraction of sp³-hybridized carbons (Fsp3) is 0.353. The number of nitrogens with zero attached hydrogens (tertiary/aromatic N) is 3. The minimum atomic E-state index is -0.800. The third-order valence-electron chi connectivity index (χ3n) is 4.32. The molecule has 136 valence electrons. The van der Waals surface area contributed by atoms with Gasteiger partial charge in [-0.3, -0.25) is 19.8 Å². The number of amidine groups is 1. The number of thioether (sulfide) groups is 1. The van der Waals surface area contributed by atoms with Crippen LogP contribution in [0, 0.1) is 10.1 Å². The SMILES string of the molecule is CC[C@H]1SC2=NC(C)=C(C(=O)OC)[C@H](c3cccc([N+](=O)[O-])c3)N2C1=O. The van der Waals surface area contributed by atoms with E-state index in [-0.39, 0.29) is 22.4 Å². The van der Waals surface area contributed by atoms with Crippen LogP contribution in [-0.2, 0) is 14.3 Å². The van der Waals surface area contributed by atoms with E-state index >= 15 is 0 Å². The zero-order valence-corrected chi connectivity index (χ0v) is 15.3. The Kier molecular flexibility index (Phi) is 4.82. The van der Waals surface area contributed by atoms with Gasteiger partial charge in [0.25, 0.3) is 5.69 Å². The molecule has 8 nitrogen and oxygen atoms in total. The van der Waals surface area contributed by atoms with Gasteiger partial charge in [-0.15, -0.1) is 0 Å². The maximum Gasteiger partial charge on any atom is 0.338 e. The van der Waals surface area contributed by atoms with E-state index in [4.69, 9.17) is 4.74 Å². The first kappa shape index (κ1) is 18.1. The molecule has 2 aliphatic heterocycles. The van der Waals surface area contributed by atoms with Gasteiger partial charge in [0.2, 0.25) is 5.91 Å². The number of hydrogen-bond donors (Lipinski definition) is 0. The van der Waals surface area contributed by atoms with Gasteiger partial charge in [-0.25, -0.2) is 9.79 Å². The van der Waals surface area contributed by atoms with Crippen molar-refractivity contribution in [2.45, 2.75) is 31.6 Å². The molecule has 3 rings (SSSR count). The molecule has 0 aromatic heterocycles. The van der Waals surface area contributed by atoms with Crippen molar-refractivity contribution in [2.75, 3.05) is 7.11 Å². The lowest BCUT2D eigenvalue weighted by molar-refractivity contribution is -0.384. The second kappa shape index (κ2) is 6.91. The molecule has 1 saturated heterocycles. The van der Waals surface area contributed by atoms with E-state index in [1.54, 1.807) is 13.0 Å². The van der Waals surface area contributed by atoms with E-state index in [1.807, 2.05) is 6.92 Å². The molecule has 0 bridgehead atoms. The summed E-state index contributed by atoms with van der Waals surface area (Å²) in [5.41, 5.74) is 1.01. The summed E-state index contributed by atoms with van der Waals surface area (Å²) in [6.45, 7) is 3.57. The van der Waals surface area contributed by atoms with Crippen LogP contribution >= 0.6 is 11.8 Å². The van der Waals surface area contributed by atoms with Gasteiger partial charge in [0.15, 0.2) is 5.17 Å². The first-order chi connectivity index (χ1) is 12.4. The highest BCUT2D eigenvalue weighted by Crippen LogP contribution is 2.44. The van der Waals surface area contributed by atoms with Crippen LogP contribution in [0.25, 0.3) is 0 Å². The number of hydrogen-bond acceptors (Lipinski definition) is 7. The molecule has 0 spiro atoms. The first-order valence-electron chi connectivity index (χ1n) is 8.00. The van der Waals surface area contributed by atoms with Crippen LogP contribution < -0.4 is 0 Å². The lowest BCUT2D eigenvalue weighted by Crippen LogP contribution is -2.40. The number of methoxy groups -OCH3 is 1. The Morgan fingerprint density at radius 2 is 2.19 bits per heavy atom. The van der Waals surface area contributed by atoms with Gasteiger partial charge >= 0.3 is 5.97 Å². The molecule has 9 heteroatoms. The number of fused-ring (bicyclic) bond motifs is 1. The lowest BCUT2D eigenvalue weighted by Gasteiger charge is -2.32. The second-order valence-corrected chi connectivity index (χ2v) is 7.03. The van der Waals surface area contributed by atoms with Crippen LogP contribution in [0.5, 0.6) is 0 Å². The van der Waals surface area contributed by atoms with E-state index in [0.717, 1.165) is 0 Å². The van der Waals surface area contributed by atoms with Gasteiger partial charge in [-0.2, -0.15) is 0 Å². The van der Waals surface area contributed by atoms with Gasteiger partial charge in [0.1, 0.15) is 0 Å². The molecule has 1 aromatic carbocycles. The summed E-state index contributed by atoms with van der Waals surface area (Å²) in [4.78, 5) is 41.8. The molecule has 0 unspecified atom stereocenters. The Morgan fingerprint density at radius 3 is 2.81 bits per heavy atom.